The first kappa shape index (κ1) is 16.4. The van der Waals surface area contributed by atoms with Gasteiger partial charge in [-0.15, -0.1) is 0 Å². The molecule has 2 rings (SSSR count). The maximum Gasteiger partial charge on any atom is 0.322 e. The van der Waals surface area contributed by atoms with Gasteiger partial charge >= 0.3 is 6.03 Å². The van der Waals surface area contributed by atoms with E-state index in [9.17, 15) is 9.90 Å². The Labute approximate surface area is 131 Å². The number of anilines is 1. The number of nitrogens with one attached hydrogen (secondary N) is 1. The van der Waals surface area contributed by atoms with Crippen LogP contribution in [0.3, 0.4) is 0 Å². The van der Waals surface area contributed by atoms with Crippen LogP contribution in [0.5, 0.6) is 5.75 Å². The van der Waals surface area contributed by atoms with Crippen LogP contribution in [0.2, 0.25) is 0 Å². The van der Waals surface area contributed by atoms with Crippen LogP contribution in [0, 0.1) is 0 Å². The summed E-state index contributed by atoms with van der Waals surface area (Å²) in [5, 5.41) is 13.1. The van der Waals surface area contributed by atoms with Crippen molar-refractivity contribution in [1.29, 1.82) is 0 Å². The number of hydrogen-bond acceptors (Lipinski definition) is 3. The molecule has 2 amide bonds. The lowest BCUT2D eigenvalue weighted by Crippen LogP contribution is -2.49. The van der Waals surface area contributed by atoms with Crippen molar-refractivity contribution in [2.75, 3.05) is 18.5 Å². The van der Waals surface area contributed by atoms with Crippen LogP contribution in [0.25, 0.3) is 0 Å². The van der Waals surface area contributed by atoms with Crippen LogP contribution in [-0.4, -0.2) is 40.8 Å². The Kier molecular flexibility index (Phi) is 5.08. The number of benzene rings is 1. The van der Waals surface area contributed by atoms with Gasteiger partial charge < -0.3 is 20.1 Å². The maximum atomic E-state index is 12.4. The second-order valence-corrected chi connectivity index (χ2v) is 6.06. The number of ether oxygens (including phenoxy) is 1. The summed E-state index contributed by atoms with van der Waals surface area (Å²) in [6.07, 6.45) is 3.40. The summed E-state index contributed by atoms with van der Waals surface area (Å²) < 4.78 is 5.46. The van der Waals surface area contributed by atoms with Crippen LogP contribution < -0.4 is 10.1 Å². The summed E-state index contributed by atoms with van der Waals surface area (Å²) in [4.78, 5) is 14.1. The lowest BCUT2D eigenvalue weighted by Gasteiger charge is -2.33. The first-order chi connectivity index (χ1) is 10.4. The van der Waals surface area contributed by atoms with Gasteiger partial charge in [0.05, 0.1) is 11.6 Å². The van der Waals surface area contributed by atoms with Crippen LogP contribution in [0.15, 0.2) is 36.9 Å². The van der Waals surface area contributed by atoms with E-state index in [-0.39, 0.29) is 12.1 Å². The van der Waals surface area contributed by atoms with Crippen molar-refractivity contribution in [1.82, 2.24) is 4.90 Å². The molecule has 0 aromatic heterocycles. The second-order valence-electron chi connectivity index (χ2n) is 6.06. The van der Waals surface area contributed by atoms with Gasteiger partial charge in [-0.3, -0.25) is 0 Å². The molecular formula is C17H24N2O3. The number of amides is 2. The highest BCUT2D eigenvalue weighted by atomic mass is 16.5. The fraction of sp³-hybridized carbons (Fsp3) is 0.471. The monoisotopic (exact) mass is 304 g/mol. The number of aliphatic hydroxyl groups is 1. The molecule has 1 unspecified atom stereocenters. The number of nitrogens with zero attached hydrogens (tertiary/aromatic N) is 1. The maximum absolute atomic E-state index is 12.4. The minimum absolute atomic E-state index is 0.160. The summed E-state index contributed by atoms with van der Waals surface area (Å²) in [7, 11) is 0. The lowest BCUT2D eigenvalue weighted by molar-refractivity contribution is 0.0117. The minimum Gasteiger partial charge on any atom is -0.489 e. The number of rotatable bonds is 5. The molecule has 1 aliphatic rings. The molecule has 1 saturated heterocycles. The summed E-state index contributed by atoms with van der Waals surface area (Å²) >= 11 is 0. The Balaban J connectivity index is 2.04. The van der Waals surface area contributed by atoms with Gasteiger partial charge in [0.1, 0.15) is 12.4 Å². The number of urea groups is 1. The predicted octanol–water partition coefficient (Wildman–Crippen LogP) is 3.02. The molecular weight excluding hydrogens is 280 g/mol. The summed E-state index contributed by atoms with van der Waals surface area (Å²) in [6, 6.07) is 6.89. The van der Waals surface area contributed by atoms with E-state index < -0.39 is 5.60 Å². The predicted molar refractivity (Wildman–Crippen MR) is 87.2 cm³/mol. The second kappa shape index (κ2) is 6.83. The molecule has 0 radical (unpaired) electrons. The van der Waals surface area contributed by atoms with Gasteiger partial charge in [0.25, 0.3) is 0 Å². The fourth-order valence-corrected chi connectivity index (χ4v) is 2.76. The molecule has 1 fully saturated rings. The smallest absolute Gasteiger partial charge is 0.322 e. The van der Waals surface area contributed by atoms with E-state index in [4.69, 9.17) is 4.74 Å². The van der Waals surface area contributed by atoms with Gasteiger partial charge in [-0.25, -0.2) is 4.79 Å². The van der Waals surface area contributed by atoms with Gasteiger partial charge in [-0.2, -0.15) is 0 Å². The molecule has 0 spiro atoms. The fourth-order valence-electron chi connectivity index (χ4n) is 2.76. The molecule has 1 aliphatic heterocycles. The van der Waals surface area contributed by atoms with E-state index >= 15 is 0 Å². The Morgan fingerprint density at radius 1 is 1.59 bits per heavy atom. The first-order valence-corrected chi connectivity index (χ1v) is 7.55. The zero-order valence-corrected chi connectivity index (χ0v) is 13.2. The Hall–Kier alpha value is -2.01. The SMILES string of the molecule is C=CCOc1cccc(NC(=O)N2CCCC2C(C)(C)O)c1. The highest BCUT2D eigenvalue weighted by Gasteiger charge is 2.38. The highest BCUT2D eigenvalue weighted by Crippen LogP contribution is 2.27. The molecule has 22 heavy (non-hydrogen) atoms. The van der Waals surface area contributed by atoms with E-state index in [0.717, 1.165) is 12.8 Å². The molecule has 5 heteroatoms. The quantitative estimate of drug-likeness (QED) is 0.822. The Bertz CT molecular complexity index is 537. The normalized spacial score (nSPS) is 18.1. The molecule has 1 aromatic rings. The molecule has 5 nitrogen and oxygen atoms in total. The standard InChI is InChI=1S/C17H24N2O3/c1-4-11-22-14-8-5-7-13(12-14)18-16(20)19-10-6-9-15(19)17(2,3)21/h4-5,7-8,12,15,21H,1,6,9-11H2,2-3H3,(H,18,20). The minimum atomic E-state index is -0.900. The molecule has 0 saturated carbocycles. The number of carbonyl (C=O) groups excluding carboxylic acids is 1. The van der Waals surface area contributed by atoms with Crippen molar-refractivity contribution in [2.45, 2.75) is 38.3 Å². The third-order valence-electron chi connectivity index (χ3n) is 3.78. The van der Waals surface area contributed by atoms with Crippen molar-refractivity contribution in [3.05, 3.63) is 36.9 Å². The zero-order valence-electron chi connectivity index (χ0n) is 13.2. The summed E-state index contributed by atoms with van der Waals surface area (Å²) in [5.41, 5.74) is -0.226. The van der Waals surface area contributed by atoms with Gasteiger partial charge in [-0.1, -0.05) is 18.7 Å². The zero-order chi connectivity index (χ0) is 16.2. The van der Waals surface area contributed by atoms with Gasteiger partial charge in [-0.05, 0) is 38.8 Å². The van der Waals surface area contributed by atoms with Crippen LogP contribution in [0.1, 0.15) is 26.7 Å². The third kappa shape index (κ3) is 4.01. The Morgan fingerprint density at radius 2 is 2.36 bits per heavy atom. The highest BCUT2D eigenvalue weighted by molar-refractivity contribution is 5.90. The van der Waals surface area contributed by atoms with Crippen molar-refractivity contribution in [3.63, 3.8) is 0 Å². The number of hydrogen-bond donors (Lipinski definition) is 2. The average Bonchev–Trinajstić information content (AvgIpc) is 2.95. The van der Waals surface area contributed by atoms with Crippen molar-refractivity contribution in [2.24, 2.45) is 0 Å². The van der Waals surface area contributed by atoms with Gasteiger partial charge in [0.15, 0.2) is 0 Å². The largest absolute Gasteiger partial charge is 0.489 e. The van der Waals surface area contributed by atoms with Crippen molar-refractivity contribution >= 4 is 11.7 Å². The van der Waals surface area contributed by atoms with Crippen LogP contribution >= 0.6 is 0 Å². The lowest BCUT2D eigenvalue weighted by atomic mass is 9.97. The van der Waals surface area contributed by atoms with E-state index in [0.29, 0.717) is 24.6 Å². The van der Waals surface area contributed by atoms with Gasteiger partial charge in [0, 0.05) is 18.3 Å². The third-order valence-corrected chi connectivity index (χ3v) is 3.78. The average molecular weight is 304 g/mol. The molecule has 0 bridgehead atoms. The van der Waals surface area contributed by atoms with Crippen LogP contribution in [0.4, 0.5) is 10.5 Å². The van der Waals surface area contributed by atoms with Crippen molar-refractivity contribution in [3.8, 4) is 5.75 Å². The molecule has 120 valence electrons. The summed E-state index contributed by atoms with van der Waals surface area (Å²) in [6.45, 7) is 8.17. The van der Waals surface area contributed by atoms with E-state index in [1.807, 2.05) is 18.2 Å². The Morgan fingerprint density at radius 3 is 3.05 bits per heavy atom. The van der Waals surface area contributed by atoms with E-state index in [1.54, 1.807) is 30.9 Å². The molecule has 1 heterocycles. The van der Waals surface area contributed by atoms with E-state index in [1.165, 1.54) is 0 Å². The van der Waals surface area contributed by atoms with E-state index in [2.05, 4.69) is 11.9 Å². The number of likely N-dealkylation sites (tertiary alicyclic amines) is 1. The summed E-state index contributed by atoms with van der Waals surface area (Å²) in [5.74, 6) is 0.679. The first-order valence-electron chi connectivity index (χ1n) is 7.55. The molecule has 1 atom stereocenters. The molecule has 2 N–H and O–H groups in total. The topological polar surface area (TPSA) is 61.8 Å². The van der Waals surface area contributed by atoms with Crippen LogP contribution in [-0.2, 0) is 0 Å². The molecule has 0 aliphatic carbocycles. The number of carbonyl (C=O) groups is 1. The molecule has 1 aromatic carbocycles. The van der Waals surface area contributed by atoms with Crippen molar-refractivity contribution < 1.29 is 14.6 Å². The van der Waals surface area contributed by atoms with Gasteiger partial charge in [0.2, 0.25) is 0 Å².